The Balaban J connectivity index is 1.78. The van der Waals surface area contributed by atoms with Crippen LogP contribution in [-0.4, -0.2) is 79.4 Å². The molecule has 0 N–H and O–H groups in total. The van der Waals surface area contributed by atoms with Crippen molar-refractivity contribution in [2.24, 2.45) is 11.8 Å². The summed E-state index contributed by atoms with van der Waals surface area (Å²) in [4.78, 5) is 18.4. The molecule has 43 heavy (non-hydrogen) atoms. The molecule has 0 aliphatic carbocycles. The lowest BCUT2D eigenvalue weighted by molar-refractivity contribution is 0.0741. The van der Waals surface area contributed by atoms with Gasteiger partial charge in [0.25, 0.3) is 5.91 Å². The van der Waals surface area contributed by atoms with Crippen molar-refractivity contribution >= 4 is 17.5 Å². The van der Waals surface area contributed by atoms with Crippen molar-refractivity contribution in [3.05, 3.63) is 47.7 Å². The zero-order chi connectivity index (χ0) is 30.9. The molecule has 1 aliphatic heterocycles. The third-order valence-corrected chi connectivity index (χ3v) is 8.20. The van der Waals surface area contributed by atoms with Crippen LogP contribution in [-0.2, 0) is 0 Å². The molecule has 0 saturated carbocycles. The van der Waals surface area contributed by atoms with E-state index in [1.807, 2.05) is 39.9 Å². The summed E-state index contributed by atoms with van der Waals surface area (Å²) in [6, 6.07) is 7.74. The highest BCUT2D eigenvalue weighted by Crippen LogP contribution is 2.42. The summed E-state index contributed by atoms with van der Waals surface area (Å²) in [6.45, 7) is 13.5. The second-order valence-electron chi connectivity index (χ2n) is 12.3. The molecule has 3 heterocycles. The van der Waals surface area contributed by atoms with Gasteiger partial charge in [-0.25, -0.2) is 4.52 Å². The minimum absolute atomic E-state index is 0.0718. The van der Waals surface area contributed by atoms with Crippen molar-refractivity contribution < 1.29 is 19.0 Å². The van der Waals surface area contributed by atoms with Crippen LogP contribution in [0.25, 0.3) is 22.9 Å². The molecule has 0 spiro atoms. The van der Waals surface area contributed by atoms with Gasteiger partial charge < -0.3 is 19.1 Å². The number of fused-ring (bicyclic) bond motifs is 1. The number of methoxy groups -OCH3 is 3. The first-order chi connectivity index (χ1) is 20.7. The van der Waals surface area contributed by atoms with Crippen molar-refractivity contribution in [2.45, 2.75) is 59.8 Å². The van der Waals surface area contributed by atoms with Crippen LogP contribution in [0.4, 0.5) is 0 Å². The molecule has 1 saturated heterocycles. The number of hydrogen-bond donors (Lipinski definition) is 0. The molecule has 2 aromatic heterocycles. The van der Waals surface area contributed by atoms with Crippen LogP contribution in [0.2, 0.25) is 0 Å². The maximum Gasteiger partial charge on any atom is 0.253 e. The minimum Gasteiger partial charge on any atom is -0.493 e. The average Bonchev–Trinajstić information content (AvgIpc) is 3.37. The molecular weight excluding hydrogens is 540 g/mol. The number of benzene rings is 1. The van der Waals surface area contributed by atoms with Crippen molar-refractivity contribution in [1.29, 1.82) is 0 Å². The molecule has 234 valence electrons. The highest BCUT2D eigenvalue weighted by molar-refractivity contribution is 5.96. The molecule has 1 aliphatic rings. The number of piperidine rings is 1. The second-order valence-corrected chi connectivity index (χ2v) is 12.3. The molecule has 4 rings (SSSR count). The lowest BCUT2D eigenvalue weighted by atomic mass is 10.0. The van der Waals surface area contributed by atoms with Gasteiger partial charge in [0.05, 0.1) is 26.8 Å². The smallest absolute Gasteiger partial charge is 0.253 e. The molecule has 1 aromatic carbocycles. The van der Waals surface area contributed by atoms with Crippen molar-refractivity contribution in [1.82, 2.24) is 19.4 Å². The molecule has 0 radical (unpaired) electrons. The third kappa shape index (κ3) is 8.11. The number of nitrogens with zero attached hydrogens (tertiary/aromatic N) is 4. The Morgan fingerprint density at radius 3 is 2.12 bits per heavy atom. The van der Waals surface area contributed by atoms with Crippen LogP contribution in [0.5, 0.6) is 17.2 Å². The minimum atomic E-state index is 0.0718. The average molecular weight is 591 g/mol. The van der Waals surface area contributed by atoms with Crippen LogP contribution in [0.1, 0.15) is 75.7 Å². The Kier molecular flexibility index (Phi) is 11.5. The normalized spacial score (nSPS) is 14.3. The fourth-order valence-corrected chi connectivity index (χ4v) is 5.58. The molecule has 1 fully saturated rings. The van der Waals surface area contributed by atoms with Gasteiger partial charge in [0.15, 0.2) is 11.5 Å². The van der Waals surface area contributed by atoms with Gasteiger partial charge in [-0.05, 0) is 74.9 Å². The monoisotopic (exact) mass is 590 g/mol. The number of amides is 1. The van der Waals surface area contributed by atoms with Gasteiger partial charge in [0.2, 0.25) is 5.75 Å². The molecule has 0 unspecified atom stereocenters. The topological polar surface area (TPSA) is 68.5 Å². The fraction of sp³-hybridized carbons (Fsp3) is 0.543. The van der Waals surface area contributed by atoms with Gasteiger partial charge >= 0.3 is 0 Å². The zero-order valence-electron chi connectivity index (χ0n) is 27.2. The van der Waals surface area contributed by atoms with Crippen LogP contribution >= 0.6 is 0 Å². The number of carbonyl (C=O) groups is 1. The summed E-state index contributed by atoms with van der Waals surface area (Å²) < 4.78 is 18.7. The lowest BCUT2D eigenvalue weighted by Gasteiger charge is -2.25. The van der Waals surface area contributed by atoms with E-state index >= 15 is 0 Å². The maximum absolute atomic E-state index is 13.9. The first-order valence-corrected chi connectivity index (χ1v) is 15.8. The van der Waals surface area contributed by atoms with Crippen molar-refractivity contribution in [3.8, 4) is 28.5 Å². The number of ether oxygens (including phenoxy) is 3. The Bertz CT molecular complexity index is 1350. The maximum atomic E-state index is 13.9. The van der Waals surface area contributed by atoms with Gasteiger partial charge in [-0.1, -0.05) is 46.3 Å². The largest absolute Gasteiger partial charge is 0.493 e. The number of aromatic nitrogens is 2. The number of pyridine rings is 1. The van der Waals surface area contributed by atoms with Crippen LogP contribution in [0.3, 0.4) is 0 Å². The fourth-order valence-electron chi connectivity index (χ4n) is 5.58. The van der Waals surface area contributed by atoms with E-state index < -0.39 is 0 Å². The SMILES string of the molecule is COc1cc(-c2nn3ccc(C(=O)N(CCC(C)C)CCC(C)C)cc3c2/C=C/CN2CCCCC2)cc(OC)c1OC. The quantitative estimate of drug-likeness (QED) is 0.200. The van der Waals surface area contributed by atoms with Gasteiger partial charge in [-0.3, -0.25) is 9.69 Å². The zero-order valence-corrected chi connectivity index (χ0v) is 27.2. The van der Waals surface area contributed by atoms with E-state index in [4.69, 9.17) is 19.3 Å². The number of carbonyl (C=O) groups excluding carboxylic acids is 1. The summed E-state index contributed by atoms with van der Waals surface area (Å²) in [5.41, 5.74) is 4.16. The van der Waals surface area contributed by atoms with Crippen LogP contribution in [0.15, 0.2) is 36.5 Å². The third-order valence-electron chi connectivity index (χ3n) is 8.20. The van der Waals surface area contributed by atoms with Gasteiger partial charge in [-0.2, -0.15) is 5.10 Å². The Labute approximate surface area is 257 Å². The van der Waals surface area contributed by atoms with Crippen molar-refractivity contribution in [2.75, 3.05) is 54.1 Å². The number of rotatable bonds is 14. The molecule has 8 nitrogen and oxygen atoms in total. The van der Waals surface area contributed by atoms with Gasteiger partial charge in [0.1, 0.15) is 5.69 Å². The first-order valence-electron chi connectivity index (χ1n) is 15.8. The number of hydrogen-bond acceptors (Lipinski definition) is 6. The van der Waals surface area contributed by atoms with E-state index in [1.54, 1.807) is 21.3 Å². The van der Waals surface area contributed by atoms with Gasteiger partial charge in [-0.15, -0.1) is 0 Å². The Morgan fingerprint density at radius 1 is 0.930 bits per heavy atom. The highest BCUT2D eigenvalue weighted by atomic mass is 16.5. The van der Waals surface area contributed by atoms with Gasteiger partial charge in [0, 0.05) is 42.5 Å². The Hall–Kier alpha value is -3.52. The van der Waals surface area contributed by atoms with Crippen LogP contribution < -0.4 is 14.2 Å². The predicted molar refractivity (Wildman–Crippen MR) is 174 cm³/mol. The van der Waals surface area contributed by atoms with E-state index in [0.29, 0.717) is 34.6 Å². The standard InChI is InChI=1S/C35H50N4O4/c1-25(2)13-19-38(20-14-26(3)4)35(40)27-15-21-39-30(22-27)29(12-11-18-37-16-9-8-10-17-37)33(36-39)28-23-31(41-5)34(43-7)32(24-28)42-6/h11-12,15,21-26H,8-10,13-14,16-20H2,1-7H3/b12-11+. The number of likely N-dealkylation sites (tertiary alicyclic amines) is 1. The molecule has 8 heteroatoms. The summed E-state index contributed by atoms with van der Waals surface area (Å²) in [6.07, 6.45) is 12.0. The molecule has 1 amide bonds. The van der Waals surface area contributed by atoms with E-state index in [2.05, 4.69) is 44.7 Å². The van der Waals surface area contributed by atoms with Crippen LogP contribution in [0, 0.1) is 11.8 Å². The lowest BCUT2D eigenvalue weighted by Crippen LogP contribution is -2.34. The first kappa shape index (κ1) is 32.4. The molecular formula is C35H50N4O4. The van der Waals surface area contributed by atoms with Crippen molar-refractivity contribution in [3.63, 3.8) is 0 Å². The summed E-state index contributed by atoms with van der Waals surface area (Å²) in [7, 11) is 4.84. The second kappa shape index (κ2) is 15.3. The van der Waals surface area contributed by atoms with E-state index in [9.17, 15) is 4.79 Å². The Morgan fingerprint density at radius 2 is 1.56 bits per heavy atom. The van der Waals surface area contributed by atoms with E-state index in [1.165, 1.54) is 19.3 Å². The predicted octanol–water partition coefficient (Wildman–Crippen LogP) is 7.06. The molecule has 0 atom stereocenters. The summed E-state index contributed by atoms with van der Waals surface area (Å²) in [5, 5.41) is 4.99. The highest BCUT2D eigenvalue weighted by Gasteiger charge is 2.22. The van der Waals surface area contributed by atoms with E-state index in [0.717, 1.165) is 67.9 Å². The molecule has 3 aromatic rings. The summed E-state index contributed by atoms with van der Waals surface area (Å²) >= 11 is 0. The van der Waals surface area contributed by atoms with E-state index in [-0.39, 0.29) is 5.91 Å². The summed E-state index contributed by atoms with van der Waals surface area (Å²) in [5.74, 6) is 2.81. The molecule has 0 bridgehead atoms.